The van der Waals surface area contributed by atoms with E-state index >= 15 is 0 Å². The van der Waals surface area contributed by atoms with Crippen molar-refractivity contribution in [3.8, 4) is 6.07 Å². The number of carbonyl (C=O) groups is 1. The lowest BCUT2D eigenvalue weighted by atomic mass is 10.2. The number of benzene rings is 3. The molecule has 1 amide bonds. The minimum Gasteiger partial charge on any atom is -0.322 e. The van der Waals surface area contributed by atoms with Gasteiger partial charge in [-0.3, -0.25) is 4.79 Å². The quantitative estimate of drug-likeness (QED) is 0.475. The van der Waals surface area contributed by atoms with Crippen molar-refractivity contribution in [2.75, 3.05) is 11.1 Å². The fourth-order valence-electron chi connectivity index (χ4n) is 2.57. The van der Waals surface area contributed by atoms with E-state index in [1.165, 1.54) is 10.5 Å². The Kier molecular flexibility index (Phi) is 7.18. The molecule has 0 aliphatic rings. The number of carbonyl (C=O) groups excluding carboxylic acids is 1. The maximum Gasteiger partial charge on any atom is 0.255 e. The first-order chi connectivity index (χ1) is 13.7. The Hall–Kier alpha value is -2.68. The molecule has 3 nitrogen and oxygen atoms in total. The molecular formula is C23H20N2OS2. The number of nitriles is 1. The van der Waals surface area contributed by atoms with E-state index < -0.39 is 0 Å². The van der Waals surface area contributed by atoms with Crippen LogP contribution in [0.2, 0.25) is 0 Å². The van der Waals surface area contributed by atoms with Crippen LogP contribution in [0.3, 0.4) is 0 Å². The monoisotopic (exact) mass is 404 g/mol. The molecule has 0 atom stereocenters. The van der Waals surface area contributed by atoms with Gasteiger partial charge in [-0.2, -0.15) is 5.26 Å². The largest absolute Gasteiger partial charge is 0.322 e. The number of amides is 1. The lowest BCUT2D eigenvalue weighted by molar-refractivity contribution is 0.102. The Morgan fingerprint density at radius 2 is 1.71 bits per heavy atom. The summed E-state index contributed by atoms with van der Waals surface area (Å²) in [7, 11) is 0. The number of nitrogens with one attached hydrogen (secondary N) is 1. The van der Waals surface area contributed by atoms with Gasteiger partial charge >= 0.3 is 0 Å². The molecule has 0 radical (unpaired) electrons. The van der Waals surface area contributed by atoms with Gasteiger partial charge in [0.2, 0.25) is 0 Å². The van der Waals surface area contributed by atoms with E-state index in [-0.39, 0.29) is 5.91 Å². The predicted molar refractivity (Wildman–Crippen MR) is 118 cm³/mol. The standard InChI is InChI=1S/C23H20N2OS2/c1-2-27-21-12-8-18(9-13-21)16-28-22-5-3-4-19(14-22)23(26)25-20-10-6-17(15-24)7-11-20/h3-14H,2,16H2,1H3,(H,25,26). The van der Waals surface area contributed by atoms with E-state index in [2.05, 4.69) is 42.6 Å². The van der Waals surface area contributed by atoms with Gasteiger partial charge in [0.25, 0.3) is 5.91 Å². The molecule has 5 heteroatoms. The lowest BCUT2D eigenvalue weighted by Gasteiger charge is -2.08. The topological polar surface area (TPSA) is 52.9 Å². The van der Waals surface area contributed by atoms with Crippen molar-refractivity contribution < 1.29 is 4.79 Å². The molecule has 0 aliphatic carbocycles. The summed E-state index contributed by atoms with van der Waals surface area (Å²) in [6, 6.07) is 25.2. The molecule has 3 aromatic carbocycles. The molecule has 3 aromatic rings. The van der Waals surface area contributed by atoms with Gasteiger partial charge in [0.05, 0.1) is 11.6 Å². The van der Waals surface area contributed by atoms with Gasteiger partial charge in [-0.15, -0.1) is 23.5 Å². The first kappa shape index (κ1) is 20.1. The van der Waals surface area contributed by atoms with Gasteiger partial charge in [0.1, 0.15) is 0 Å². The fraction of sp³-hybridized carbons (Fsp3) is 0.130. The first-order valence-electron chi connectivity index (χ1n) is 8.94. The number of hydrogen-bond donors (Lipinski definition) is 1. The average Bonchev–Trinajstić information content (AvgIpc) is 2.74. The van der Waals surface area contributed by atoms with Crippen LogP contribution < -0.4 is 5.32 Å². The molecule has 0 aromatic heterocycles. The maximum atomic E-state index is 12.5. The Bertz CT molecular complexity index is 977. The number of nitrogens with zero attached hydrogens (tertiary/aromatic N) is 1. The summed E-state index contributed by atoms with van der Waals surface area (Å²) in [5.41, 5.74) is 3.12. The van der Waals surface area contributed by atoms with E-state index in [0.29, 0.717) is 16.8 Å². The van der Waals surface area contributed by atoms with Crippen LogP contribution in [0, 0.1) is 11.3 Å². The fourth-order valence-corrected chi connectivity index (χ4v) is 4.15. The average molecular weight is 405 g/mol. The highest BCUT2D eigenvalue weighted by Crippen LogP contribution is 2.25. The van der Waals surface area contributed by atoms with Gasteiger partial charge in [0.15, 0.2) is 0 Å². The van der Waals surface area contributed by atoms with Crippen LogP contribution >= 0.6 is 23.5 Å². The third-order valence-electron chi connectivity index (χ3n) is 4.01. The Balaban J connectivity index is 1.61. The third-order valence-corrected chi connectivity index (χ3v) is 5.97. The number of anilines is 1. The van der Waals surface area contributed by atoms with Crippen LogP contribution in [-0.4, -0.2) is 11.7 Å². The highest BCUT2D eigenvalue weighted by Gasteiger charge is 2.07. The van der Waals surface area contributed by atoms with E-state index in [4.69, 9.17) is 5.26 Å². The number of thioether (sulfide) groups is 2. The van der Waals surface area contributed by atoms with E-state index in [0.717, 1.165) is 16.4 Å². The van der Waals surface area contributed by atoms with Crippen LogP contribution in [0.25, 0.3) is 0 Å². The van der Waals surface area contributed by atoms with Crippen LogP contribution in [-0.2, 0) is 5.75 Å². The Labute approximate surface area is 174 Å². The van der Waals surface area contributed by atoms with Gasteiger partial charge in [0, 0.05) is 26.8 Å². The lowest BCUT2D eigenvalue weighted by Crippen LogP contribution is -2.11. The zero-order valence-electron chi connectivity index (χ0n) is 15.5. The highest BCUT2D eigenvalue weighted by atomic mass is 32.2. The van der Waals surface area contributed by atoms with Gasteiger partial charge < -0.3 is 5.32 Å². The number of rotatable bonds is 7. The van der Waals surface area contributed by atoms with Crippen LogP contribution in [0.5, 0.6) is 0 Å². The van der Waals surface area contributed by atoms with Gasteiger partial charge in [-0.1, -0.05) is 25.1 Å². The summed E-state index contributed by atoms with van der Waals surface area (Å²) in [5.74, 6) is 1.77. The van der Waals surface area contributed by atoms with Gasteiger partial charge in [-0.05, 0) is 65.9 Å². The molecule has 0 saturated heterocycles. The van der Waals surface area contributed by atoms with Crippen LogP contribution in [0.4, 0.5) is 5.69 Å². The van der Waals surface area contributed by atoms with Crippen molar-refractivity contribution in [1.82, 2.24) is 0 Å². The highest BCUT2D eigenvalue weighted by molar-refractivity contribution is 7.99. The van der Waals surface area contributed by atoms with Crippen molar-refractivity contribution in [3.63, 3.8) is 0 Å². The molecule has 0 bridgehead atoms. The van der Waals surface area contributed by atoms with Gasteiger partial charge in [-0.25, -0.2) is 0 Å². The maximum absolute atomic E-state index is 12.5. The van der Waals surface area contributed by atoms with E-state index in [1.807, 2.05) is 30.0 Å². The molecule has 1 N–H and O–H groups in total. The van der Waals surface area contributed by atoms with Crippen molar-refractivity contribution in [3.05, 3.63) is 89.5 Å². The normalized spacial score (nSPS) is 10.3. The Morgan fingerprint density at radius 3 is 2.39 bits per heavy atom. The first-order valence-corrected chi connectivity index (χ1v) is 10.9. The van der Waals surface area contributed by atoms with Crippen LogP contribution in [0.15, 0.2) is 82.6 Å². The predicted octanol–water partition coefficient (Wildman–Crippen LogP) is 6.21. The summed E-state index contributed by atoms with van der Waals surface area (Å²) in [5, 5.41) is 11.7. The summed E-state index contributed by atoms with van der Waals surface area (Å²) < 4.78 is 0. The van der Waals surface area contributed by atoms with Crippen LogP contribution in [0.1, 0.15) is 28.4 Å². The SMILES string of the molecule is CCSc1ccc(CSc2cccc(C(=O)Nc3ccc(C#N)cc3)c2)cc1. The smallest absolute Gasteiger partial charge is 0.255 e. The summed E-state index contributed by atoms with van der Waals surface area (Å²) in [6.45, 7) is 2.15. The summed E-state index contributed by atoms with van der Waals surface area (Å²) in [6.07, 6.45) is 0. The molecule has 0 unspecified atom stereocenters. The summed E-state index contributed by atoms with van der Waals surface area (Å²) in [4.78, 5) is 14.9. The zero-order valence-corrected chi connectivity index (χ0v) is 17.1. The summed E-state index contributed by atoms with van der Waals surface area (Å²) >= 11 is 3.55. The molecule has 0 aliphatic heterocycles. The molecule has 0 heterocycles. The van der Waals surface area contributed by atoms with Crippen molar-refractivity contribution >= 4 is 35.1 Å². The second-order valence-electron chi connectivity index (χ2n) is 6.04. The second-order valence-corrected chi connectivity index (χ2v) is 8.42. The van der Waals surface area contributed by atoms with E-state index in [1.54, 1.807) is 42.1 Å². The molecular weight excluding hydrogens is 384 g/mol. The molecule has 0 saturated carbocycles. The van der Waals surface area contributed by atoms with Crippen molar-refractivity contribution in [1.29, 1.82) is 5.26 Å². The number of hydrogen-bond acceptors (Lipinski definition) is 4. The van der Waals surface area contributed by atoms with E-state index in [9.17, 15) is 4.79 Å². The molecule has 140 valence electrons. The Morgan fingerprint density at radius 1 is 0.964 bits per heavy atom. The molecule has 0 fully saturated rings. The molecule has 0 spiro atoms. The minimum atomic E-state index is -0.159. The molecule has 3 rings (SSSR count). The van der Waals surface area contributed by atoms with Crippen molar-refractivity contribution in [2.45, 2.75) is 22.5 Å². The zero-order chi connectivity index (χ0) is 19.8. The second kappa shape index (κ2) is 10.0. The molecule has 28 heavy (non-hydrogen) atoms. The third kappa shape index (κ3) is 5.66. The van der Waals surface area contributed by atoms with Crippen molar-refractivity contribution in [2.24, 2.45) is 0 Å². The minimum absolute atomic E-state index is 0.159.